The summed E-state index contributed by atoms with van der Waals surface area (Å²) in [4.78, 5) is 10.4. The smallest absolute Gasteiger partial charge is 0.120 e. The Morgan fingerprint density at radius 3 is 1.26 bits per heavy atom. The van der Waals surface area contributed by atoms with Crippen LogP contribution in [0.5, 0.6) is 11.5 Å². The summed E-state index contributed by atoms with van der Waals surface area (Å²) in [6.45, 7) is 0.537. The summed E-state index contributed by atoms with van der Waals surface area (Å²) in [6, 6.07) is 33.5. The molecule has 0 bridgehead atoms. The Hall–Kier alpha value is -4.34. The first kappa shape index (κ1) is 25.3. The molecule has 5 aromatic carbocycles. The molecule has 0 radical (unpaired) electrons. The molecule has 0 fully saturated rings. The van der Waals surface area contributed by atoms with E-state index in [0.717, 1.165) is 21.5 Å². The predicted molar refractivity (Wildman–Crippen MR) is 149 cm³/mol. The minimum atomic E-state index is 0.0616. The van der Waals surface area contributed by atoms with E-state index in [0.29, 0.717) is 22.0 Å². The van der Waals surface area contributed by atoms with E-state index in [9.17, 15) is 10.4 Å². The molecule has 0 aromatic heterocycles. The number of benzene rings is 5. The standard InChI is InChI=1S/C30H26N2O6/c33-31(37-19-17-35-29-15-9-23-5-1-3-7-25(23)21-29)27-11-13-28(14-12-27)32(34)38-20-18-36-30-16-10-24-6-2-4-8-26(24)22-30/h1-16,21-22H,17-20H2/q-2. The van der Waals surface area contributed by atoms with Crippen LogP contribution in [0.15, 0.2) is 109 Å². The number of nitrogens with zero attached hydrogens (tertiary/aromatic N) is 2. The van der Waals surface area contributed by atoms with Gasteiger partial charge in [-0.25, -0.2) is 0 Å². The van der Waals surface area contributed by atoms with Gasteiger partial charge in [-0.3, -0.25) is 9.68 Å². The molecule has 38 heavy (non-hydrogen) atoms. The average Bonchev–Trinajstić information content (AvgIpc) is 2.97. The highest BCUT2D eigenvalue weighted by Gasteiger charge is 2.03. The number of anilines is 2. The van der Waals surface area contributed by atoms with E-state index in [2.05, 4.69) is 0 Å². The molecule has 0 saturated heterocycles. The largest absolute Gasteiger partial charge is 0.733 e. The summed E-state index contributed by atoms with van der Waals surface area (Å²) in [5, 5.41) is 29.7. The van der Waals surface area contributed by atoms with Crippen LogP contribution in [0.3, 0.4) is 0 Å². The first-order valence-electron chi connectivity index (χ1n) is 12.2. The first-order chi connectivity index (χ1) is 18.7. The number of rotatable bonds is 12. The minimum absolute atomic E-state index is 0.0616. The number of ether oxygens (including phenoxy) is 2. The van der Waals surface area contributed by atoms with Gasteiger partial charge in [-0.1, -0.05) is 60.7 Å². The third-order valence-electron chi connectivity index (χ3n) is 5.83. The fourth-order valence-electron chi connectivity index (χ4n) is 3.92. The molecule has 0 unspecified atom stereocenters. The Kier molecular flexibility index (Phi) is 8.17. The molecule has 8 heteroatoms. The predicted octanol–water partition coefficient (Wildman–Crippen LogP) is 6.62. The quantitative estimate of drug-likeness (QED) is 0.137. The van der Waals surface area contributed by atoms with Gasteiger partial charge in [0.05, 0.1) is 11.4 Å². The van der Waals surface area contributed by atoms with Crippen LogP contribution >= 0.6 is 0 Å². The summed E-state index contributed by atoms with van der Waals surface area (Å²) in [5.41, 5.74) is 0.486. The van der Waals surface area contributed by atoms with Gasteiger partial charge in [0, 0.05) is 0 Å². The molecular formula is C30H26N2O6-2. The zero-order chi connectivity index (χ0) is 26.2. The Bertz CT molecular complexity index is 1360. The van der Waals surface area contributed by atoms with Crippen LogP contribution in [0.4, 0.5) is 11.4 Å². The maximum atomic E-state index is 12.2. The van der Waals surface area contributed by atoms with Crippen molar-refractivity contribution in [3.8, 4) is 11.5 Å². The SMILES string of the molecule is [O-]N(OCCOc1ccc2ccccc2c1)c1ccc(N([O-])OCCOc2ccc3ccccc3c2)cc1. The van der Waals surface area contributed by atoms with Crippen LogP contribution in [0, 0.1) is 10.4 Å². The lowest BCUT2D eigenvalue weighted by atomic mass is 10.1. The molecule has 194 valence electrons. The monoisotopic (exact) mass is 510 g/mol. The van der Waals surface area contributed by atoms with Crippen LogP contribution in [-0.4, -0.2) is 26.4 Å². The van der Waals surface area contributed by atoms with Crippen LogP contribution in [0.2, 0.25) is 0 Å². The van der Waals surface area contributed by atoms with Crippen molar-refractivity contribution in [1.29, 1.82) is 0 Å². The molecule has 0 amide bonds. The van der Waals surface area contributed by atoms with Crippen molar-refractivity contribution in [2.24, 2.45) is 0 Å². The second-order valence-electron chi connectivity index (χ2n) is 8.41. The van der Waals surface area contributed by atoms with Crippen molar-refractivity contribution in [1.82, 2.24) is 0 Å². The molecular weight excluding hydrogens is 484 g/mol. The van der Waals surface area contributed by atoms with Crippen molar-refractivity contribution in [2.45, 2.75) is 0 Å². The summed E-state index contributed by atoms with van der Waals surface area (Å²) in [7, 11) is 0. The number of fused-ring (bicyclic) bond motifs is 2. The van der Waals surface area contributed by atoms with Crippen molar-refractivity contribution in [3.05, 3.63) is 120 Å². The summed E-state index contributed by atoms with van der Waals surface area (Å²) in [5.74, 6) is 1.40. The molecule has 8 nitrogen and oxygen atoms in total. The molecule has 0 N–H and O–H groups in total. The van der Waals surface area contributed by atoms with Crippen LogP contribution < -0.4 is 19.9 Å². The van der Waals surface area contributed by atoms with Gasteiger partial charge in [-0.15, -0.1) is 0 Å². The summed E-state index contributed by atoms with van der Waals surface area (Å²) >= 11 is 0. The van der Waals surface area contributed by atoms with Crippen LogP contribution in [0.1, 0.15) is 0 Å². The second-order valence-corrected chi connectivity index (χ2v) is 8.41. The van der Waals surface area contributed by atoms with Crippen molar-refractivity contribution in [2.75, 3.05) is 36.9 Å². The van der Waals surface area contributed by atoms with Gasteiger partial charge in [0.1, 0.15) is 37.9 Å². The molecule has 0 aliphatic carbocycles. The van der Waals surface area contributed by atoms with Gasteiger partial charge in [0.2, 0.25) is 0 Å². The van der Waals surface area contributed by atoms with Crippen molar-refractivity contribution >= 4 is 32.9 Å². The molecule has 5 rings (SSSR count). The second kappa shape index (κ2) is 12.3. The zero-order valence-corrected chi connectivity index (χ0v) is 20.6. The fraction of sp³-hybridized carbons (Fsp3) is 0.133. The van der Waals surface area contributed by atoms with E-state index in [-0.39, 0.29) is 37.8 Å². The van der Waals surface area contributed by atoms with Gasteiger partial charge in [0.25, 0.3) is 0 Å². The zero-order valence-electron chi connectivity index (χ0n) is 20.6. The van der Waals surface area contributed by atoms with Crippen LogP contribution in [0.25, 0.3) is 21.5 Å². The lowest BCUT2D eigenvalue weighted by molar-refractivity contribution is 0.0973. The van der Waals surface area contributed by atoms with Crippen molar-refractivity contribution in [3.63, 3.8) is 0 Å². The van der Waals surface area contributed by atoms with E-state index in [1.165, 1.54) is 24.3 Å². The number of hydrogen-bond acceptors (Lipinski definition) is 8. The highest BCUT2D eigenvalue weighted by Crippen LogP contribution is 2.23. The van der Waals surface area contributed by atoms with E-state index < -0.39 is 0 Å². The normalized spacial score (nSPS) is 11.0. The summed E-state index contributed by atoms with van der Waals surface area (Å²) < 4.78 is 11.4. The minimum Gasteiger partial charge on any atom is -0.733 e. The highest BCUT2D eigenvalue weighted by molar-refractivity contribution is 5.84. The highest BCUT2D eigenvalue weighted by atomic mass is 16.9. The van der Waals surface area contributed by atoms with E-state index in [1.807, 2.05) is 84.9 Å². The Morgan fingerprint density at radius 2 is 0.842 bits per heavy atom. The lowest BCUT2D eigenvalue weighted by Crippen LogP contribution is -2.21. The Labute approximate surface area is 220 Å². The molecule has 5 aromatic rings. The Balaban J connectivity index is 1.02. The maximum absolute atomic E-state index is 12.2. The van der Waals surface area contributed by atoms with E-state index in [4.69, 9.17) is 19.1 Å². The fourth-order valence-corrected chi connectivity index (χ4v) is 3.92. The molecule has 0 heterocycles. The van der Waals surface area contributed by atoms with Gasteiger partial charge >= 0.3 is 0 Å². The van der Waals surface area contributed by atoms with E-state index >= 15 is 0 Å². The molecule has 0 atom stereocenters. The third-order valence-corrected chi connectivity index (χ3v) is 5.83. The molecule has 0 saturated carbocycles. The molecule has 0 aliphatic heterocycles. The topological polar surface area (TPSA) is 89.5 Å². The third kappa shape index (κ3) is 6.50. The van der Waals surface area contributed by atoms with Crippen LogP contribution in [-0.2, 0) is 9.68 Å². The first-order valence-corrected chi connectivity index (χ1v) is 12.2. The lowest BCUT2D eigenvalue weighted by Gasteiger charge is -2.31. The average molecular weight is 511 g/mol. The van der Waals surface area contributed by atoms with Gasteiger partial charge < -0.3 is 30.3 Å². The number of hydrogen-bond donors (Lipinski definition) is 0. The molecule has 0 spiro atoms. The molecule has 0 aliphatic rings. The van der Waals surface area contributed by atoms with Crippen molar-refractivity contribution < 1.29 is 19.1 Å². The Morgan fingerprint density at radius 1 is 0.447 bits per heavy atom. The summed E-state index contributed by atoms with van der Waals surface area (Å²) in [6.07, 6.45) is 0. The maximum Gasteiger partial charge on any atom is 0.120 e. The van der Waals surface area contributed by atoms with Gasteiger partial charge in [-0.2, -0.15) is 0 Å². The van der Waals surface area contributed by atoms with Gasteiger partial charge in [0.15, 0.2) is 0 Å². The van der Waals surface area contributed by atoms with Gasteiger partial charge in [-0.05, 0) is 70.1 Å². The van der Waals surface area contributed by atoms with E-state index in [1.54, 1.807) is 0 Å².